The number of rotatable bonds is 3. The van der Waals surface area contributed by atoms with E-state index in [0.717, 1.165) is 19.3 Å². The SMILES string of the molecule is COC(=O)CC1CN(C(=O)C2CCCCC2(C)C)CCO1. The van der Waals surface area contributed by atoms with Gasteiger partial charge in [0.05, 0.1) is 26.2 Å². The lowest BCUT2D eigenvalue weighted by Gasteiger charge is -2.42. The molecule has 1 saturated heterocycles. The number of methoxy groups -OCH3 is 1. The Morgan fingerprint density at radius 1 is 1.33 bits per heavy atom. The highest BCUT2D eigenvalue weighted by molar-refractivity contribution is 5.80. The van der Waals surface area contributed by atoms with Crippen molar-refractivity contribution >= 4 is 11.9 Å². The quantitative estimate of drug-likeness (QED) is 0.748. The van der Waals surface area contributed by atoms with Gasteiger partial charge in [0.15, 0.2) is 0 Å². The van der Waals surface area contributed by atoms with Crippen molar-refractivity contribution in [2.45, 2.75) is 52.1 Å². The monoisotopic (exact) mass is 297 g/mol. The molecule has 1 aliphatic carbocycles. The van der Waals surface area contributed by atoms with Crippen LogP contribution in [0, 0.1) is 11.3 Å². The molecule has 2 aliphatic rings. The maximum atomic E-state index is 12.8. The topological polar surface area (TPSA) is 55.8 Å². The molecule has 0 spiro atoms. The van der Waals surface area contributed by atoms with Crippen LogP contribution in [-0.2, 0) is 19.1 Å². The standard InChI is InChI=1S/C16H27NO4/c1-16(2)7-5-4-6-13(16)15(19)17-8-9-21-12(11-17)10-14(18)20-3/h12-13H,4-11H2,1-3H3. The fraction of sp³-hybridized carbons (Fsp3) is 0.875. The molecule has 0 bridgehead atoms. The summed E-state index contributed by atoms with van der Waals surface area (Å²) in [5, 5.41) is 0. The summed E-state index contributed by atoms with van der Waals surface area (Å²) >= 11 is 0. The van der Waals surface area contributed by atoms with Gasteiger partial charge in [0.25, 0.3) is 0 Å². The first-order valence-electron chi connectivity index (χ1n) is 7.91. The van der Waals surface area contributed by atoms with Crippen molar-refractivity contribution in [2.75, 3.05) is 26.8 Å². The average molecular weight is 297 g/mol. The van der Waals surface area contributed by atoms with Gasteiger partial charge in [0.1, 0.15) is 0 Å². The van der Waals surface area contributed by atoms with Crippen LogP contribution in [0.25, 0.3) is 0 Å². The molecule has 0 aromatic rings. The van der Waals surface area contributed by atoms with E-state index >= 15 is 0 Å². The summed E-state index contributed by atoms with van der Waals surface area (Å²) in [5.74, 6) is 0.0493. The molecule has 5 heteroatoms. The van der Waals surface area contributed by atoms with E-state index in [-0.39, 0.29) is 35.7 Å². The summed E-state index contributed by atoms with van der Waals surface area (Å²) in [6, 6.07) is 0. The van der Waals surface area contributed by atoms with Crippen molar-refractivity contribution in [3.8, 4) is 0 Å². The van der Waals surface area contributed by atoms with E-state index in [4.69, 9.17) is 4.74 Å². The second-order valence-corrected chi connectivity index (χ2v) is 6.84. The largest absolute Gasteiger partial charge is 0.469 e. The third kappa shape index (κ3) is 3.96. The zero-order valence-corrected chi connectivity index (χ0v) is 13.4. The molecule has 2 atom stereocenters. The number of esters is 1. The summed E-state index contributed by atoms with van der Waals surface area (Å²) in [7, 11) is 1.37. The van der Waals surface area contributed by atoms with Crippen molar-refractivity contribution in [3.63, 3.8) is 0 Å². The number of carbonyl (C=O) groups is 2. The molecule has 2 fully saturated rings. The van der Waals surface area contributed by atoms with E-state index in [2.05, 4.69) is 18.6 Å². The van der Waals surface area contributed by atoms with Gasteiger partial charge in [-0.2, -0.15) is 0 Å². The van der Waals surface area contributed by atoms with E-state index < -0.39 is 0 Å². The second-order valence-electron chi connectivity index (χ2n) is 6.84. The molecule has 0 radical (unpaired) electrons. The Morgan fingerprint density at radius 3 is 2.76 bits per heavy atom. The first kappa shape index (κ1) is 16.3. The van der Waals surface area contributed by atoms with Gasteiger partial charge in [-0.3, -0.25) is 9.59 Å². The Kier molecular flexibility index (Phi) is 5.25. The lowest BCUT2D eigenvalue weighted by atomic mass is 9.68. The summed E-state index contributed by atoms with van der Waals surface area (Å²) < 4.78 is 10.3. The van der Waals surface area contributed by atoms with Crippen molar-refractivity contribution in [3.05, 3.63) is 0 Å². The van der Waals surface area contributed by atoms with Gasteiger partial charge >= 0.3 is 5.97 Å². The number of ether oxygens (including phenoxy) is 2. The van der Waals surface area contributed by atoms with Gasteiger partial charge in [0, 0.05) is 19.0 Å². The molecular weight excluding hydrogens is 270 g/mol. The Balaban J connectivity index is 1.96. The molecule has 1 heterocycles. The summed E-state index contributed by atoms with van der Waals surface area (Å²) in [6.45, 7) is 6.02. The van der Waals surface area contributed by atoms with Crippen molar-refractivity contribution in [1.29, 1.82) is 0 Å². The van der Waals surface area contributed by atoms with Gasteiger partial charge in [-0.25, -0.2) is 0 Å². The zero-order chi connectivity index (χ0) is 15.5. The van der Waals surface area contributed by atoms with Crippen molar-refractivity contribution in [1.82, 2.24) is 4.90 Å². The average Bonchev–Trinajstić information content (AvgIpc) is 2.46. The minimum absolute atomic E-state index is 0.0749. The van der Waals surface area contributed by atoms with Crippen LogP contribution in [0.2, 0.25) is 0 Å². The minimum Gasteiger partial charge on any atom is -0.469 e. The fourth-order valence-corrected chi connectivity index (χ4v) is 3.48. The van der Waals surface area contributed by atoms with Crippen LogP contribution in [-0.4, -0.2) is 49.7 Å². The molecule has 21 heavy (non-hydrogen) atoms. The zero-order valence-electron chi connectivity index (χ0n) is 13.4. The van der Waals surface area contributed by atoms with Gasteiger partial charge in [-0.05, 0) is 18.3 Å². The normalized spacial score (nSPS) is 29.0. The van der Waals surface area contributed by atoms with E-state index in [9.17, 15) is 9.59 Å². The van der Waals surface area contributed by atoms with E-state index in [1.165, 1.54) is 13.5 Å². The molecule has 1 amide bonds. The van der Waals surface area contributed by atoms with Gasteiger partial charge in [-0.15, -0.1) is 0 Å². The number of hydrogen-bond donors (Lipinski definition) is 0. The molecular formula is C16H27NO4. The second kappa shape index (κ2) is 6.77. The molecule has 1 aliphatic heterocycles. The van der Waals surface area contributed by atoms with E-state index in [1.54, 1.807) is 0 Å². The fourth-order valence-electron chi connectivity index (χ4n) is 3.48. The third-order valence-corrected chi connectivity index (χ3v) is 4.88. The summed E-state index contributed by atoms with van der Waals surface area (Å²) in [4.78, 5) is 26.1. The predicted octanol–water partition coefficient (Wildman–Crippen LogP) is 1.99. The molecule has 120 valence electrons. The predicted molar refractivity (Wildman–Crippen MR) is 78.7 cm³/mol. The highest BCUT2D eigenvalue weighted by atomic mass is 16.5. The Labute approximate surface area is 127 Å². The molecule has 5 nitrogen and oxygen atoms in total. The molecule has 0 aromatic carbocycles. The van der Waals surface area contributed by atoms with Gasteiger partial charge in [0.2, 0.25) is 5.91 Å². The van der Waals surface area contributed by atoms with Crippen LogP contribution in [0.1, 0.15) is 46.0 Å². The molecule has 0 aromatic heterocycles. The highest BCUT2D eigenvalue weighted by Crippen LogP contribution is 2.41. The summed E-state index contributed by atoms with van der Waals surface area (Å²) in [5.41, 5.74) is 0.0749. The Hall–Kier alpha value is -1.10. The smallest absolute Gasteiger partial charge is 0.308 e. The van der Waals surface area contributed by atoms with Gasteiger partial charge in [-0.1, -0.05) is 26.7 Å². The first-order valence-corrected chi connectivity index (χ1v) is 7.91. The molecule has 2 rings (SSSR count). The lowest BCUT2D eigenvalue weighted by molar-refractivity contribution is -0.154. The van der Waals surface area contributed by atoms with Gasteiger partial charge < -0.3 is 14.4 Å². The molecule has 0 N–H and O–H groups in total. The maximum Gasteiger partial charge on any atom is 0.308 e. The van der Waals surface area contributed by atoms with E-state index in [0.29, 0.717) is 19.7 Å². The first-order chi connectivity index (χ1) is 9.94. The van der Waals surface area contributed by atoms with Crippen LogP contribution in [0.5, 0.6) is 0 Å². The van der Waals surface area contributed by atoms with Crippen LogP contribution in [0.15, 0.2) is 0 Å². The summed E-state index contributed by atoms with van der Waals surface area (Å²) in [6.07, 6.45) is 4.42. The third-order valence-electron chi connectivity index (χ3n) is 4.88. The minimum atomic E-state index is -0.285. The Morgan fingerprint density at radius 2 is 2.10 bits per heavy atom. The van der Waals surface area contributed by atoms with Crippen molar-refractivity contribution in [2.24, 2.45) is 11.3 Å². The van der Waals surface area contributed by atoms with Crippen molar-refractivity contribution < 1.29 is 19.1 Å². The number of morpholine rings is 1. The van der Waals surface area contributed by atoms with E-state index in [1.807, 2.05) is 4.90 Å². The number of carbonyl (C=O) groups excluding carboxylic acids is 2. The molecule has 1 saturated carbocycles. The van der Waals surface area contributed by atoms with Crippen LogP contribution in [0.4, 0.5) is 0 Å². The number of nitrogens with zero attached hydrogens (tertiary/aromatic N) is 1. The van der Waals surface area contributed by atoms with Crippen LogP contribution >= 0.6 is 0 Å². The Bertz CT molecular complexity index is 394. The number of amides is 1. The number of hydrogen-bond acceptors (Lipinski definition) is 4. The highest BCUT2D eigenvalue weighted by Gasteiger charge is 2.40. The lowest BCUT2D eigenvalue weighted by Crippen LogP contribution is -2.51. The van der Waals surface area contributed by atoms with Crippen LogP contribution < -0.4 is 0 Å². The molecule has 2 unspecified atom stereocenters. The van der Waals surface area contributed by atoms with Crippen LogP contribution in [0.3, 0.4) is 0 Å². The maximum absolute atomic E-state index is 12.8.